The van der Waals surface area contributed by atoms with E-state index < -0.39 is 0 Å². The van der Waals surface area contributed by atoms with Gasteiger partial charge in [0.15, 0.2) is 0 Å². The molecular formula is C22H27NO2. The van der Waals surface area contributed by atoms with Crippen molar-refractivity contribution in [3.8, 4) is 0 Å². The first-order chi connectivity index (χ1) is 12.2. The number of pyridine rings is 1. The number of carbonyl (C=O) groups is 1. The summed E-state index contributed by atoms with van der Waals surface area (Å²) in [6.45, 7) is 5.87. The van der Waals surface area contributed by atoms with Crippen molar-refractivity contribution < 1.29 is 9.53 Å². The van der Waals surface area contributed by atoms with Crippen LogP contribution in [0.25, 0.3) is 12.2 Å². The van der Waals surface area contributed by atoms with Crippen LogP contribution in [0, 0.1) is 29.6 Å². The maximum Gasteiger partial charge on any atom is 0.309 e. The Kier molecular flexibility index (Phi) is 4.49. The summed E-state index contributed by atoms with van der Waals surface area (Å²) in [5.74, 6) is 2.23. The third-order valence-corrected chi connectivity index (χ3v) is 6.57. The number of hydrogen-bond donors (Lipinski definition) is 0. The van der Waals surface area contributed by atoms with Crippen LogP contribution in [0.2, 0.25) is 0 Å². The molecule has 3 aliphatic rings. The van der Waals surface area contributed by atoms with Gasteiger partial charge in [-0.05, 0) is 61.8 Å². The van der Waals surface area contributed by atoms with Gasteiger partial charge in [-0.2, -0.15) is 0 Å². The second kappa shape index (κ2) is 6.78. The molecule has 1 aliphatic heterocycles. The van der Waals surface area contributed by atoms with Crippen molar-refractivity contribution in [2.24, 2.45) is 29.6 Å². The van der Waals surface area contributed by atoms with E-state index in [1.807, 2.05) is 18.2 Å². The van der Waals surface area contributed by atoms with Crippen molar-refractivity contribution in [1.29, 1.82) is 0 Å². The molecule has 6 atom stereocenters. The molecule has 4 rings (SSSR count). The highest BCUT2D eigenvalue weighted by Gasteiger charge is 2.53. The first kappa shape index (κ1) is 16.6. The fraction of sp³-hybridized carbons (Fsp3) is 0.545. The van der Waals surface area contributed by atoms with E-state index in [4.69, 9.17) is 4.74 Å². The third kappa shape index (κ3) is 3.05. The molecule has 0 radical (unpaired) electrons. The molecule has 0 aromatic carbocycles. The SMILES string of the molecule is C=Cc1cccc(/C=C/[C@@H]2[C@H]3CCCC[C@@H]3C[C@@H]3C(=O)O[C@@H](C)[C@H]23)n1. The number of rotatable bonds is 3. The molecule has 0 amide bonds. The summed E-state index contributed by atoms with van der Waals surface area (Å²) in [5, 5.41) is 0. The average Bonchev–Trinajstić information content (AvgIpc) is 2.93. The molecule has 3 heteroatoms. The predicted octanol–water partition coefficient (Wildman–Crippen LogP) is 4.74. The minimum atomic E-state index is 0.0301. The number of fused-ring (bicyclic) bond motifs is 2. The maximum absolute atomic E-state index is 12.3. The Hall–Kier alpha value is -1.90. The van der Waals surface area contributed by atoms with Crippen LogP contribution in [-0.4, -0.2) is 17.1 Å². The van der Waals surface area contributed by atoms with E-state index in [1.54, 1.807) is 6.08 Å². The van der Waals surface area contributed by atoms with Gasteiger partial charge >= 0.3 is 5.97 Å². The van der Waals surface area contributed by atoms with E-state index in [9.17, 15) is 4.79 Å². The number of carbonyl (C=O) groups excluding carboxylic acids is 1. The first-order valence-corrected chi connectivity index (χ1v) is 9.65. The smallest absolute Gasteiger partial charge is 0.309 e. The molecule has 3 nitrogen and oxygen atoms in total. The minimum absolute atomic E-state index is 0.0301. The van der Waals surface area contributed by atoms with Crippen LogP contribution < -0.4 is 0 Å². The number of ether oxygens (including phenoxy) is 1. The molecular weight excluding hydrogens is 310 g/mol. The Balaban J connectivity index is 1.64. The number of cyclic esters (lactones) is 1. The lowest BCUT2D eigenvalue weighted by Gasteiger charge is -2.45. The molecule has 0 bridgehead atoms. The quantitative estimate of drug-likeness (QED) is 0.748. The molecule has 1 aromatic rings. The molecule has 2 aliphatic carbocycles. The molecule has 2 saturated carbocycles. The average molecular weight is 337 g/mol. The van der Waals surface area contributed by atoms with Crippen molar-refractivity contribution in [3.63, 3.8) is 0 Å². The molecule has 0 spiro atoms. The zero-order chi connectivity index (χ0) is 17.4. The molecule has 2 heterocycles. The number of allylic oxidation sites excluding steroid dienone is 1. The largest absolute Gasteiger partial charge is 0.462 e. The molecule has 0 N–H and O–H groups in total. The molecule has 0 unspecified atom stereocenters. The lowest BCUT2D eigenvalue weighted by molar-refractivity contribution is -0.144. The van der Waals surface area contributed by atoms with Crippen LogP contribution >= 0.6 is 0 Å². The zero-order valence-electron chi connectivity index (χ0n) is 14.9. The third-order valence-electron chi connectivity index (χ3n) is 6.57. The summed E-state index contributed by atoms with van der Waals surface area (Å²) in [6, 6.07) is 6.01. The van der Waals surface area contributed by atoms with Gasteiger partial charge in [0.05, 0.1) is 17.3 Å². The van der Waals surface area contributed by atoms with E-state index in [0.717, 1.165) is 17.8 Å². The second-order valence-electron chi connectivity index (χ2n) is 7.90. The topological polar surface area (TPSA) is 39.2 Å². The Morgan fingerprint density at radius 2 is 2.04 bits per heavy atom. The van der Waals surface area contributed by atoms with Gasteiger partial charge in [0, 0.05) is 5.92 Å². The van der Waals surface area contributed by atoms with E-state index in [0.29, 0.717) is 23.7 Å². The van der Waals surface area contributed by atoms with Gasteiger partial charge < -0.3 is 4.74 Å². The van der Waals surface area contributed by atoms with Crippen LogP contribution in [0.1, 0.15) is 50.4 Å². The van der Waals surface area contributed by atoms with E-state index >= 15 is 0 Å². The summed E-state index contributed by atoms with van der Waals surface area (Å²) in [6.07, 6.45) is 12.5. The molecule has 132 valence electrons. The van der Waals surface area contributed by atoms with Crippen molar-refractivity contribution in [1.82, 2.24) is 4.98 Å². The monoisotopic (exact) mass is 337 g/mol. The zero-order valence-corrected chi connectivity index (χ0v) is 14.9. The molecule has 3 fully saturated rings. The van der Waals surface area contributed by atoms with Gasteiger partial charge in [-0.15, -0.1) is 0 Å². The molecule has 1 aromatic heterocycles. The minimum Gasteiger partial charge on any atom is -0.462 e. The lowest BCUT2D eigenvalue weighted by Crippen LogP contribution is -2.42. The van der Waals surface area contributed by atoms with E-state index in [1.165, 1.54) is 25.7 Å². The summed E-state index contributed by atoms with van der Waals surface area (Å²) in [7, 11) is 0. The number of esters is 1. The Morgan fingerprint density at radius 1 is 1.24 bits per heavy atom. The fourth-order valence-electron chi connectivity index (χ4n) is 5.47. The highest BCUT2D eigenvalue weighted by atomic mass is 16.6. The van der Waals surface area contributed by atoms with Gasteiger partial charge in [-0.25, -0.2) is 4.98 Å². The van der Waals surface area contributed by atoms with Crippen molar-refractivity contribution >= 4 is 18.1 Å². The summed E-state index contributed by atoms with van der Waals surface area (Å²) < 4.78 is 5.63. The van der Waals surface area contributed by atoms with Gasteiger partial charge in [0.1, 0.15) is 6.10 Å². The lowest BCUT2D eigenvalue weighted by atomic mass is 9.57. The van der Waals surface area contributed by atoms with Crippen molar-refractivity contribution in [3.05, 3.63) is 42.2 Å². The molecule has 25 heavy (non-hydrogen) atoms. The highest BCUT2D eigenvalue weighted by Crippen LogP contribution is 2.53. The Morgan fingerprint density at radius 3 is 2.88 bits per heavy atom. The standard InChI is InChI=1S/C22H27NO2/c1-3-16-8-6-9-17(23-16)11-12-19-18-10-5-4-7-15(18)13-20-21(19)14(2)25-22(20)24/h3,6,8-9,11-12,14-15,18-21H,1,4-5,7,10,13H2,2H3/b12-11+/t14-,15+,18-,19+,20-,21+/m0/s1. The highest BCUT2D eigenvalue weighted by molar-refractivity contribution is 5.75. The van der Waals surface area contributed by atoms with Gasteiger partial charge in [0.25, 0.3) is 0 Å². The van der Waals surface area contributed by atoms with Gasteiger partial charge in [-0.3, -0.25) is 4.79 Å². The number of nitrogens with zero attached hydrogens (tertiary/aromatic N) is 1. The van der Waals surface area contributed by atoms with Crippen LogP contribution in [-0.2, 0) is 9.53 Å². The van der Waals surface area contributed by atoms with Crippen LogP contribution in [0.3, 0.4) is 0 Å². The first-order valence-electron chi connectivity index (χ1n) is 9.65. The summed E-state index contributed by atoms with van der Waals surface area (Å²) in [4.78, 5) is 16.9. The van der Waals surface area contributed by atoms with Gasteiger partial charge in [-0.1, -0.05) is 38.0 Å². The van der Waals surface area contributed by atoms with Crippen LogP contribution in [0.5, 0.6) is 0 Å². The number of hydrogen-bond acceptors (Lipinski definition) is 3. The summed E-state index contributed by atoms with van der Waals surface area (Å²) in [5.41, 5.74) is 1.86. The van der Waals surface area contributed by atoms with Crippen LogP contribution in [0.4, 0.5) is 0 Å². The second-order valence-corrected chi connectivity index (χ2v) is 7.90. The van der Waals surface area contributed by atoms with Gasteiger partial charge in [0.2, 0.25) is 0 Å². The normalized spacial score (nSPS) is 37.4. The predicted molar refractivity (Wildman–Crippen MR) is 99.5 cm³/mol. The molecule has 1 saturated heterocycles. The fourth-order valence-corrected chi connectivity index (χ4v) is 5.47. The maximum atomic E-state index is 12.3. The number of aromatic nitrogens is 1. The van der Waals surface area contributed by atoms with E-state index in [-0.39, 0.29) is 18.0 Å². The summed E-state index contributed by atoms with van der Waals surface area (Å²) >= 11 is 0. The van der Waals surface area contributed by atoms with Crippen molar-refractivity contribution in [2.45, 2.75) is 45.1 Å². The van der Waals surface area contributed by atoms with Crippen molar-refractivity contribution in [2.75, 3.05) is 0 Å². The Bertz CT molecular complexity index is 695. The Labute approximate surface area is 150 Å². The van der Waals surface area contributed by atoms with Crippen LogP contribution in [0.15, 0.2) is 30.9 Å². The van der Waals surface area contributed by atoms with E-state index in [2.05, 4.69) is 30.6 Å².